The molecule has 0 saturated carbocycles. The average molecular weight is 587 g/mol. The Labute approximate surface area is 253 Å². The van der Waals surface area contributed by atoms with Gasteiger partial charge in [0.2, 0.25) is 5.91 Å². The first-order valence-electron chi connectivity index (χ1n) is 15.2. The number of benzene rings is 2. The molecule has 5 atom stereocenters. The number of ether oxygens (including phenoxy) is 4. The molecule has 8 nitrogen and oxygen atoms in total. The van der Waals surface area contributed by atoms with Crippen LogP contribution in [0, 0.1) is 23.7 Å². The van der Waals surface area contributed by atoms with Crippen molar-refractivity contribution >= 4 is 5.91 Å². The summed E-state index contributed by atoms with van der Waals surface area (Å²) in [6.07, 6.45) is 1.75. The minimum atomic E-state index is -0.795. The molecular weight excluding hydrogens is 532 g/mol. The Morgan fingerprint density at radius 3 is 2.14 bits per heavy atom. The van der Waals surface area contributed by atoms with E-state index in [2.05, 4.69) is 25.2 Å². The highest BCUT2D eigenvalue weighted by molar-refractivity contribution is 5.79. The summed E-state index contributed by atoms with van der Waals surface area (Å²) >= 11 is 0. The fraction of sp³-hybridized carbons (Fsp3) is 0.618. The molecule has 0 spiro atoms. The van der Waals surface area contributed by atoms with Gasteiger partial charge in [-0.15, -0.1) is 0 Å². The van der Waals surface area contributed by atoms with E-state index in [0.29, 0.717) is 43.5 Å². The number of aliphatic hydroxyl groups is 1. The predicted octanol–water partition coefficient (Wildman–Crippen LogP) is 5.55. The summed E-state index contributed by atoms with van der Waals surface area (Å²) in [5, 5.41) is 14.3. The van der Waals surface area contributed by atoms with E-state index in [9.17, 15) is 9.90 Å². The molecule has 2 rings (SSSR count). The number of nitrogens with two attached hydrogens (primary N) is 1. The SMILES string of the molecule is COCCCOc1cc(C[C@@H](C[C@H](N)[C@@H](O)C[C@H](C(=O)N[C@@H](C)c2ccc(OC)cc2)C(C)C)C(C)C)ccc1OC. The molecule has 0 unspecified atom stereocenters. The molecule has 0 bridgehead atoms. The lowest BCUT2D eigenvalue weighted by atomic mass is 9.80. The normalized spacial score (nSPS) is 15.1. The standard InChI is InChI=1S/C34H54N2O6/c1-22(2)27(18-25-10-15-32(41-8)33(19-25)42-17-9-16-39-6)20-30(35)31(37)21-29(23(3)4)34(38)36-24(5)26-11-13-28(40-7)14-12-26/h10-15,19,22-24,27,29-31,37H,9,16-18,20-21,35H2,1-8H3,(H,36,38)/t24-,27-,29-,30-,31-/m0/s1. The number of nitrogens with one attached hydrogen (secondary N) is 1. The van der Waals surface area contributed by atoms with E-state index >= 15 is 0 Å². The molecule has 0 aromatic heterocycles. The van der Waals surface area contributed by atoms with Gasteiger partial charge in [0.05, 0.1) is 33.0 Å². The van der Waals surface area contributed by atoms with Crippen molar-refractivity contribution in [2.45, 2.75) is 78.5 Å². The van der Waals surface area contributed by atoms with Crippen LogP contribution in [0.15, 0.2) is 42.5 Å². The third-order valence-corrected chi connectivity index (χ3v) is 8.10. The highest BCUT2D eigenvalue weighted by Gasteiger charge is 2.30. The van der Waals surface area contributed by atoms with Crippen molar-refractivity contribution in [2.75, 3.05) is 34.5 Å². The number of rotatable bonds is 19. The van der Waals surface area contributed by atoms with E-state index in [-0.39, 0.29) is 29.7 Å². The van der Waals surface area contributed by atoms with Crippen LogP contribution < -0.4 is 25.3 Å². The highest BCUT2D eigenvalue weighted by Crippen LogP contribution is 2.32. The fourth-order valence-corrected chi connectivity index (χ4v) is 5.16. The van der Waals surface area contributed by atoms with Gasteiger partial charge in [-0.05, 0) is 79.3 Å². The van der Waals surface area contributed by atoms with Gasteiger partial charge in [0.15, 0.2) is 11.5 Å². The molecule has 0 aliphatic rings. The molecule has 4 N–H and O–H groups in total. The molecule has 2 aromatic rings. The summed E-state index contributed by atoms with van der Waals surface area (Å²) < 4.78 is 21.8. The summed E-state index contributed by atoms with van der Waals surface area (Å²) in [4.78, 5) is 13.3. The van der Waals surface area contributed by atoms with E-state index in [1.54, 1.807) is 21.3 Å². The molecule has 42 heavy (non-hydrogen) atoms. The number of carbonyl (C=O) groups is 1. The van der Waals surface area contributed by atoms with E-state index in [1.165, 1.54) is 0 Å². The first kappa shape index (κ1) is 35.4. The Morgan fingerprint density at radius 2 is 1.57 bits per heavy atom. The Hall–Kier alpha value is -2.81. The monoisotopic (exact) mass is 586 g/mol. The zero-order valence-corrected chi connectivity index (χ0v) is 26.9. The van der Waals surface area contributed by atoms with E-state index in [1.807, 2.05) is 57.2 Å². The van der Waals surface area contributed by atoms with Crippen molar-refractivity contribution in [3.63, 3.8) is 0 Å². The topological polar surface area (TPSA) is 112 Å². The molecule has 1 amide bonds. The van der Waals surface area contributed by atoms with Gasteiger partial charge in [0.25, 0.3) is 0 Å². The largest absolute Gasteiger partial charge is 0.497 e. The minimum absolute atomic E-state index is 0.0532. The Balaban J connectivity index is 2.03. The van der Waals surface area contributed by atoms with Crippen molar-refractivity contribution in [3.05, 3.63) is 53.6 Å². The second kappa shape index (κ2) is 18.0. The van der Waals surface area contributed by atoms with Crippen molar-refractivity contribution < 1.29 is 28.8 Å². The molecule has 0 heterocycles. The summed E-state index contributed by atoms with van der Waals surface area (Å²) in [6, 6.07) is 13.1. The molecule has 0 saturated heterocycles. The average Bonchev–Trinajstić information content (AvgIpc) is 2.97. The predicted molar refractivity (Wildman–Crippen MR) is 168 cm³/mol. The lowest BCUT2D eigenvalue weighted by Gasteiger charge is -2.30. The minimum Gasteiger partial charge on any atom is -0.497 e. The van der Waals surface area contributed by atoms with Crippen molar-refractivity contribution in [2.24, 2.45) is 29.4 Å². The summed E-state index contributed by atoms with van der Waals surface area (Å²) in [5.41, 5.74) is 8.72. The zero-order valence-electron chi connectivity index (χ0n) is 26.9. The van der Waals surface area contributed by atoms with Gasteiger partial charge >= 0.3 is 0 Å². The van der Waals surface area contributed by atoms with Crippen LogP contribution in [0.4, 0.5) is 0 Å². The second-order valence-electron chi connectivity index (χ2n) is 11.9. The van der Waals surface area contributed by atoms with Gasteiger partial charge in [-0.2, -0.15) is 0 Å². The van der Waals surface area contributed by atoms with Gasteiger partial charge in [-0.1, -0.05) is 45.9 Å². The van der Waals surface area contributed by atoms with Crippen LogP contribution in [-0.2, 0) is 16.0 Å². The van der Waals surface area contributed by atoms with Gasteiger partial charge in [-0.25, -0.2) is 0 Å². The molecule has 0 radical (unpaired) electrons. The molecule has 0 aliphatic heterocycles. The number of aliphatic hydroxyl groups excluding tert-OH is 1. The number of amides is 1. The van der Waals surface area contributed by atoms with Crippen LogP contribution >= 0.6 is 0 Å². The van der Waals surface area contributed by atoms with Crippen LogP contribution in [0.5, 0.6) is 17.2 Å². The number of methoxy groups -OCH3 is 3. The zero-order chi connectivity index (χ0) is 31.2. The Morgan fingerprint density at radius 1 is 0.881 bits per heavy atom. The maximum absolute atomic E-state index is 13.3. The van der Waals surface area contributed by atoms with E-state index < -0.39 is 12.1 Å². The molecule has 2 aromatic carbocycles. The highest BCUT2D eigenvalue weighted by atomic mass is 16.5. The second-order valence-corrected chi connectivity index (χ2v) is 11.9. The molecule has 0 fully saturated rings. The van der Waals surface area contributed by atoms with Crippen LogP contribution in [0.2, 0.25) is 0 Å². The Kier molecular flexibility index (Phi) is 15.2. The van der Waals surface area contributed by atoms with Crippen molar-refractivity contribution in [1.29, 1.82) is 0 Å². The van der Waals surface area contributed by atoms with Crippen LogP contribution in [-0.4, -0.2) is 57.7 Å². The number of hydrogen-bond donors (Lipinski definition) is 3. The quantitative estimate of drug-likeness (QED) is 0.185. The molecular formula is C34H54N2O6. The maximum atomic E-state index is 13.3. The first-order valence-corrected chi connectivity index (χ1v) is 15.2. The van der Waals surface area contributed by atoms with Gasteiger partial charge in [-0.3, -0.25) is 4.79 Å². The molecule has 0 aliphatic carbocycles. The summed E-state index contributed by atoms with van der Waals surface area (Å²) in [6.45, 7) is 11.5. The molecule has 236 valence electrons. The first-order chi connectivity index (χ1) is 20.0. The van der Waals surface area contributed by atoms with Gasteiger partial charge < -0.3 is 35.1 Å². The Bertz CT molecular complexity index is 1060. The smallest absolute Gasteiger partial charge is 0.223 e. The number of carbonyl (C=O) groups excluding carboxylic acids is 1. The lowest BCUT2D eigenvalue weighted by molar-refractivity contribution is -0.128. The van der Waals surface area contributed by atoms with Gasteiger partial charge in [0, 0.05) is 32.1 Å². The lowest BCUT2D eigenvalue weighted by Crippen LogP contribution is -2.43. The van der Waals surface area contributed by atoms with Crippen LogP contribution in [0.3, 0.4) is 0 Å². The summed E-state index contributed by atoms with van der Waals surface area (Å²) in [7, 11) is 4.94. The van der Waals surface area contributed by atoms with E-state index in [4.69, 9.17) is 24.7 Å². The van der Waals surface area contributed by atoms with E-state index in [0.717, 1.165) is 29.7 Å². The van der Waals surface area contributed by atoms with Crippen LogP contribution in [0.25, 0.3) is 0 Å². The van der Waals surface area contributed by atoms with Gasteiger partial charge in [0.1, 0.15) is 5.75 Å². The molecule has 8 heteroatoms. The summed E-state index contributed by atoms with van der Waals surface area (Å²) in [5.74, 6) is 2.40. The third kappa shape index (κ3) is 11.1. The van der Waals surface area contributed by atoms with Crippen LogP contribution in [0.1, 0.15) is 71.0 Å². The van der Waals surface area contributed by atoms with Crippen molar-refractivity contribution in [3.8, 4) is 17.2 Å². The van der Waals surface area contributed by atoms with Crippen molar-refractivity contribution in [1.82, 2.24) is 5.32 Å². The number of hydrogen-bond acceptors (Lipinski definition) is 7. The third-order valence-electron chi connectivity index (χ3n) is 8.10. The fourth-order valence-electron chi connectivity index (χ4n) is 5.16. The maximum Gasteiger partial charge on any atom is 0.223 e.